The van der Waals surface area contributed by atoms with Crippen LogP contribution >= 0.6 is 11.8 Å². The summed E-state index contributed by atoms with van der Waals surface area (Å²) in [5.74, 6) is 0.186. The molecule has 128 valence electrons. The van der Waals surface area contributed by atoms with Crippen LogP contribution in [0.15, 0.2) is 0 Å². The van der Waals surface area contributed by atoms with Gasteiger partial charge in [-0.05, 0) is 31.4 Å². The van der Waals surface area contributed by atoms with Crippen molar-refractivity contribution in [3.8, 4) is 0 Å². The van der Waals surface area contributed by atoms with Crippen molar-refractivity contribution < 1.29 is 15.0 Å². The lowest BCUT2D eigenvalue weighted by molar-refractivity contribution is -0.139. The lowest BCUT2D eigenvalue weighted by Crippen LogP contribution is -2.37. The second-order valence-corrected chi connectivity index (χ2v) is 5.89. The molecule has 0 fully saturated rings. The zero-order valence-corrected chi connectivity index (χ0v) is 14.5. The molecule has 1 unspecified atom stereocenters. The van der Waals surface area contributed by atoms with Crippen molar-refractivity contribution in [2.45, 2.75) is 57.9 Å². The Balaban J connectivity index is 0. The predicted octanol–water partition coefficient (Wildman–Crippen LogP) is 2.08. The Labute approximate surface area is 134 Å². The second kappa shape index (κ2) is 19.7. The Hall–Kier alpha value is -0.300. The lowest BCUT2D eigenvalue weighted by Gasteiger charge is -2.13. The number of aliphatic carboxylic acids is 1. The number of carbonyl (C=O) groups is 1. The molecule has 5 nitrogen and oxygen atoms in total. The summed E-state index contributed by atoms with van der Waals surface area (Å²) in [6.07, 6.45) is 10.2. The molecule has 0 aliphatic rings. The molecule has 1 atom stereocenters. The van der Waals surface area contributed by atoms with Crippen molar-refractivity contribution in [2.24, 2.45) is 5.73 Å². The van der Waals surface area contributed by atoms with Gasteiger partial charge < -0.3 is 21.3 Å². The Morgan fingerprint density at radius 3 is 2.29 bits per heavy atom. The molecule has 0 radical (unpaired) electrons. The van der Waals surface area contributed by atoms with Crippen LogP contribution in [0.25, 0.3) is 0 Å². The van der Waals surface area contributed by atoms with E-state index in [1.165, 1.54) is 32.1 Å². The van der Waals surface area contributed by atoms with Crippen LogP contribution in [0.5, 0.6) is 0 Å². The van der Waals surface area contributed by atoms with Gasteiger partial charge in [0.15, 0.2) is 0 Å². The van der Waals surface area contributed by atoms with Crippen LogP contribution in [-0.4, -0.2) is 53.9 Å². The van der Waals surface area contributed by atoms with Gasteiger partial charge in [-0.25, -0.2) is 0 Å². The van der Waals surface area contributed by atoms with Crippen LogP contribution < -0.4 is 11.1 Å². The third-order valence-corrected chi connectivity index (χ3v) is 3.60. The maximum atomic E-state index is 10.9. The zero-order valence-electron chi connectivity index (χ0n) is 13.6. The number of hydrogen-bond acceptors (Lipinski definition) is 5. The van der Waals surface area contributed by atoms with E-state index in [9.17, 15) is 4.79 Å². The number of aliphatic hydroxyl groups excluding tert-OH is 1. The standard InChI is InChI=1S/C13H27NO2S.C2H7NO/c1-3-4-5-6-7-8-10-14-12(13(15)16)9-11-17-2;3-1-2-4/h12,14H,3-11H2,1-2H3,(H,15,16);4H,1-3H2. The van der Waals surface area contributed by atoms with E-state index in [-0.39, 0.29) is 12.6 Å². The monoisotopic (exact) mass is 322 g/mol. The molecule has 21 heavy (non-hydrogen) atoms. The van der Waals surface area contributed by atoms with E-state index in [4.69, 9.17) is 15.9 Å². The van der Waals surface area contributed by atoms with Gasteiger partial charge in [-0.15, -0.1) is 0 Å². The van der Waals surface area contributed by atoms with Crippen molar-refractivity contribution in [3.05, 3.63) is 0 Å². The van der Waals surface area contributed by atoms with Crippen molar-refractivity contribution in [3.63, 3.8) is 0 Å². The minimum atomic E-state index is -0.718. The number of carboxylic acid groups (broad SMARTS) is 1. The summed E-state index contributed by atoms with van der Waals surface area (Å²) < 4.78 is 0. The Morgan fingerprint density at radius 1 is 1.24 bits per heavy atom. The van der Waals surface area contributed by atoms with E-state index in [0.717, 1.165) is 18.7 Å². The van der Waals surface area contributed by atoms with Gasteiger partial charge in [0, 0.05) is 6.54 Å². The summed E-state index contributed by atoms with van der Waals surface area (Å²) in [7, 11) is 0. The molecule has 6 heteroatoms. The average molecular weight is 323 g/mol. The highest BCUT2D eigenvalue weighted by Gasteiger charge is 2.15. The number of nitrogens with two attached hydrogens (primary N) is 1. The van der Waals surface area contributed by atoms with Crippen molar-refractivity contribution in [1.82, 2.24) is 5.32 Å². The van der Waals surface area contributed by atoms with Gasteiger partial charge in [-0.3, -0.25) is 4.79 Å². The molecule has 0 saturated carbocycles. The van der Waals surface area contributed by atoms with E-state index >= 15 is 0 Å². The second-order valence-electron chi connectivity index (χ2n) is 4.91. The summed E-state index contributed by atoms with van der Waals surface area (Å²) >= 11 is 1.70. The Morgan fingerprint density at radius 2 is 1.81 bits per heavy atom. The molecule has 0 aromatic rings. The number of hydrogen-bond donors (Lipinski definition) is 4. The van der Waals surface area contributed by atoms with Crippen LogP contribution in [0.3, 0.4) is 0 Å². The minimum Gasteiger partial charge on any atom is -0.480 e. The number of thioether (sulfide) groups is 1. The van der Waals surface area contributed by atoms with E-state index < -0.39 is 5.97 Å². The first-order valence-electron chi connectivity index (χ1n) is 7.90. The normalized spacial score (nSPS) is 11.6. The summed E-state index contributed by atoms with van der Waals surface area (Å²) in [5, 5.41) is 19.9. The van der Waals surface area contributed by atoms with E-state index in [0.29, 0.717) is 13.0 Å². The number of carboxylic acids is 1. The van der Waals surface area contributed by atoms with Gasteiger partial charge in [0.25, 0.3) is 0 Å². The van der Waals surface area contributed by atoms with Gasteiger partial charge in [-0.2, -0.15) is 11.8 Å². The highest BCUT2D eigenvalue weighted by Crippen LogP contribution is 2.05. The topological polar surface area (TPSA) is 95.6 Å². The van der Waals surface area contributed by atoms with Crippen LogP contribution in [0.1, 0.15) is 51.9 Å². The fraction of sp³-hybridized carbons (Fsp3) is 0.933. The van der Waals surface area contributed by atoms with Gasteiger partial charge in [0.1, 0.15) is 6.04 Å². The molecule has 0 heterocycles. The van der Waals surface area contributed by atoms with Gasteiger partial charge in [-0.1, -0.05) is 39.0 Å². The molecule has 0 aromatic heterocycles. The van der Waals surface area contributed by atoms with Crippen LogP contribution in [0, 0.1) is 0 Å². The predicted molar refractivity (Wildman–Crippen MR) is 91.9 cm³/mol. The maximum Gasteiger partial charge on any atom is 0.320 e. The molecule has 0 saturated heterocycles. The molecular weight excluding hydrogens is 288 g/mol. The molecule has 5 N–H and O–H groups in total. The number of rotatable bonds is 13. The van der Waals surface area contributed by atoms with Crippen LogP contribution in [0.4, 0.5) is 0 Å². The first kappa shape index (κ1) is 23.0. The van der Waals surface area contributed by atoms with Crippen molar-refractivity contribution in [1.29, 1.82) is 0 Å². The number of aliphatic hydroxyl groups is 1. The zero-order chi connectivity index (χ0) is 16.3. The summed E-state index contributed by atoms with van der Waals surface area (Å²) in [4.78, 5) is 10.9. The summed E-state index contributed by atoms with van der Waals surface area (Å²) in [6, 6.07) is -0.363. The van der Waals surface area contributed by atoms with Gasteiger partial charge in [0.05, 0.1) is 6.61 Å². The first-order valence-corrected chi connectivity index (χ1v) is 9.29. The average Bonchev–Trinajstić information content (AvgIpc) is 2.49. The SMILES string of the molecule is CCCCCCCCNC(CCSC)C(=O)O.NCCO. The largest absolute Gasteiger partial charge is 0.480 e. The lowest BCUT2D eigenvalue weighted by atomic mass is 10.1. The third kappa shape index (κ3) is 19.7. The smallest absolute Gasteiger partial charge is 0.320 e. The van der Waals surface area contributed by atoms with Crippen molar-refractivity contribution in [2.75, 3.05) is 31.7 Å². The third-order valence-electron chi connectivity index (χ3n) is 2.96. The summed E-state index contributed by atoms with van der Waals surface area (Å²) in [6.45, 7) is 3.52. The summed E-state index contributed by atoms with van der Waals surface area (Å²) in [5.41, 5.74) is 4.78. The molecular formula is C15H34N2O3S. The number of unbranched alkanes of at least 4 members (excludes halogenated alkanes) is 5. The van der Waals surface area contributed by atoms with Gasteiger partial charge >= 0.3 is 5.97 Å². The van der Waals surface area contributed by atoms with E-state index in [2.05, 4.69) is 12.2 Å². The molecule has 0 rings (SSSR count). The minimum absolute atomic E-state index is 0.0972. The van der Waals surface area contributed by atoms with E-state index in [1.54, 1.807) is 11.8 Å². The van der Waals surface area contributed by atoms with Crippen LogP contribution in [-0.2, 0) is 4.79 Å². The van der Waals surface area contributed by atoms with Crippen LogP contribution in [0.2, 0.25) is 0 Å². The molecule has 0 amide bonds. The quantitative estimate of drug-likeness (QED) is 0.388. The Bertz CT molecular complexity index is 217. The molecule has 0 aliphatic heterocycles. The fourth-order valence-electron chi connectivity index (χ4n) is 1.73. The Kier molecular flexibility index (Phi) is 21.6. The maximum absolute atomic E-state index is 10.9. The molecule has 0 aromatic carbocycles. The van der Waals surface area contributed by atoms with E-state index in [1.807, 2.05) is 6.26 Å². The fourth-order valence-corrected chi connectivity index (χ4v) is 2.20. The number of nitrogens with one attached hydrogen (secondary N) is 1. The molecule has 0 aliphatic carbocycles. The first-order chi connectivity index (χ1) is 10.1. The van der Waals surface area contributed by atoms with Gasteiger partial charge in [0.2, 0.25) is 0 Å². The highest BCUT2D eigenvalue weighted by atomic mass is 32.2. The molecule has 0 spiro atoms. The van der Waals surface area contributed by atoms with Crippen molar-refractivity contribution >= 4 is 17.7 Å². The highest BCUT2D eigenvalue weighted by molar-refractivity contribution is 7.98. The molecule has 0 bridgehead atoms.